The molecule has 0 rings (SSSR count). The van der Waals surface area contributed by atoms with Gasteiger partial charge in [0.25, 0.3) is 0 Å². The molecule has 0 unspecified atom stereocenters. The van der Waals surface area contributed by atoms with Crippen LogP contribution < -0.4 is 5.73 Å². The maximum absolute atomic E-state index is 6.47. The summed E-state index contributed by atoms with van der Waals surface area (Å²) in [5.41, 5.74) is 7.81. The number of rotatable bonds is 4. The molecule has 2 heteroatoms. The van der Waals surface area contributed by atoms with Crippen molar-refractivity contribution in [2.24, 2.45) is 5.73 Å². The summed E-state index contributed by atoms with van der Waals surface area (Å²) in [5.74, 6) is 2.06. The van der Waals surface area contributed by atoms with Gasteiger partial charge in [-0.3, -0.25) is 5.41 Å². The molecule has 0 saturated heterocycles. The van der Waals surface area contributed by atoms with Crippen molar-refractivity contribution in [2.75, 3.05) is 6.54 Å². The molecule has 0 aromatic rings. The van der Waals surface area contributed by atoms with Crippen LogP contribution in [0.2, 0.25) is 0 Å². The Morgan fingerprint density at radius 2 is 2.22 bits per heavy atom. The Balaban J connectivity index is 3.09. The molecule has 3 N–H and O–H groups in total. The van der Waals surface area contributed by atoms with Crippen LogP contribution in [0.1, 0.15) is 19.3 Å². The van der Waals surface area contributed by atoms with Crippen molar-refractivity contribution in [3.63, 3.8) is 0 Å². The van der Waals surface area contributed by atoms with E-state index in [0.717, 1.165) is 25.8 Å². The highest BCUT2D eigenvalue weighted by atomic mass is 14.5. The molecule has 0 aliphatic rings. The Hall–Kier alpha value is -0.810. The van der Waals surface area contributed by atoms with Crippen LogP contribution in [0.3, 0.4) is 0 Å². The van der Waals surface area contributed by atoms with E-state index in [1.54, 1.807) is 0 Å². The quantitative estimate of drug-likeness (QED) is 0.329. The third-order valence-electron chi connectivity index (χ3n) is 0.977. The van der Waals surface area contributed by atoms with E-state index in [4.69, 9.17) is 11.1 Å². The third kappa shape index (κ3) is 7.19. The first-order valence-electron chi connectivity index (χ1n) is 3.11. The molecule has 50 valence electrons. The topological polar surface area (TPSA) is 49.9 Å². The molecular weight excluding hydrogens is 112 g/mol. The fraction of sp³-hybridized carbons (Fsp3) is 0.571. The molecule has 0 heterocycles. The molecule has 0 spiro atoms. The van der Waals surface area contributed by atoms with Crippen molar-refractivity contribution in [1.29, 1.82) is 5.41 Å². The van der Waals surface area contributed by atoms with Gasteiger partial charge < -0.3 is 5.73 Å². The van der Waals surface area contributed by atoms with Crippen LogP contribution in [-0.2, 0) is 0 Å². The maximum atomic E-state index is 6.47. The van der Waals surface area contributed by atoms with Crippen molar-refractivity contribution in [2.45, 2.75) is 19.3 Å². The van der Waals surface area contributed by atoms with E-state index < -0.39 is 0 Å². The number of nitrogens with two attached hydrogens (primary N) is 1. The first-order chi connectivity index (χ1) is 4.41. The predicted octanol–water partition coefficient (Wildman–Crippen LogP) is 1.08. The highest BCUT2D eigenvalue weighted by Crippen LogP contribution is 1.92. The van der Waals surface area contributed by atoms with Gasteiger partial charge in [-0.25, -0.2) is 0 Å². The van der Waals surface area contributed by atoms with Gasteiger partial charge in [0.1, 0.15) is 0 Å². The molecule has 9 heavy (non-hydrogen) atoms. The molecule has 0 amide bonds. The van der Waals surface area contributed by atoms with Gasteiger partial charge in [-0.15, -0.1) is 0 Å². The smallest absolute Gasteiger partial charge is 0.0300 e. The monoisotopic (exact) mass is 124 g/mol. The zero-order valence-corrected chi connectivity index (χ0v) is 5.48. The van der Waals surface area contributed by atoms with Crippen LogP contribution in [-0.4, -0.2) is 12.4 Å². The van der Waals surface area contributed by atoms with E-state index in [2.05, 4.69) is 11.6 Å². The van der Waals surface area contributed by atoms with Crippen LogP contribution in [0.25, 0.3) is 0 Å². The van der Waals surface area contributed by atoms with Gasteiger partial charge in [-0.05, 0) is 31.9 Å². The van der Waals surface area contributed by atoms with E-state index in [1.807, 2.05) is 6.08 Å². The normalized spacial score (nSPS) is 7.67. The van der Waals surface area contributed by atoms with Crippen LogP contribution in [0, 0.1) is 5.41 Å². The van der Waals surface area contributed by atoms with Crippen molar-refractivity contribution >= 4 is 5.87 Å². The average molecular weight is 124 g/mol. The lowest BCUT2D eigenvalue weighted by Crippen LogP contribution is -1.96. The number of allylic oxidation sites excluding steroid dienone is 1. The third-order valence-corrected chi connectivity index (χ3v) is 0.977. The fourth-order valence-electron chi connectivity index (χ4n) is 0.514. The SMILES string of the molecule is N=C=C=CCCCCN. The van der Waals surface area contributed by atoms with Crippen LogP contribution in [0.15, 0.2) is 11.8 Å². The first kappa shape index (κ1) is 8.19. The second kappa shape index (κ2) is 7.19. The van der Waals surface area contributed by atoms with E-state index >= 15 is 0 Å². The van der Waals surface area contributed by atoms with Gasteiger partial charge >= 0.3 is 0 Å². The highest BCUT2D eigenvalue weighted by molar-refractivity contribution is 5.45. The molecule has 0 aromatic carbocycles. The Morgan fingerprint density at radius 3 is 2.78 bits per heavy atom. The summed E-state index contributed by atoms with van der Waals surface area (Å²) in [5, 5.41) is 6.47. The summed E-state index contributed by atoms with van der Waals surface area (Å²) >= 11 is 0. The molecule has 0 fully saturated rings. The Labute approximate surface area is 55.6 Å². The van der Waals surface area contributed by atoms with Crippen molar-refractivity contribution in [1.82, 2.24) is 0 Å². The Morgan fingerprint density at radius 1 is 1.44 bits per heavy atom. The highest BCUT2D eigenvalue weighted by Gasteiger charge is 1.78. The summed E-state index contributed by atoms with van der Waals surface area (Å²) in [4.78, 5) is 0. The molecule has 0 atom stereocenters. The molecule has 2 nitrogen and oxygen atoms in total. The van der Waals surface area contributed by atoms with E-state index in [-0.39, 0.29) is 0 Å². The molecule has 0 aliphatic carbocycles. The van der Waals surface area contributed by atoms with E-state index in [0.29, 0.717) is 0 Å². The van der Waals surface area contributed by atoms with E-state index in [1.165, 1.54) is 0 Å². The Kier molecular flexibility index (Phi) is 6.54. The fourth-order valence-corrected chi connectivity index (χ4v) is 0.514. The zero-order chi connectivity index (χ0) is 6.95. The molecule has 0 aromatic heterocycles. The van der Waals surface area contributed by atoms with Gasteiger partial charge in [0.2, 0.25) is 0 Å². The predicted molar refractivity (Wildman–Crippen MR) is 38.7 cm³/mol. The summed E-state index contributed by atoms with van der Waals surface area (Å²) < 4.78 is 0. The second-order valence-electron chi connectivity index (χ2n) is 1.76. The number of nitrogens with one attached hydrogen (secondary N) is 1. The van der Waals surface area contributed by atoms with Crippen molar-refractivity contribution in [3.8, 4) is 0 Å². The van der Waals surface area contributed by atoms with Gasteiger partial charge in [0, 0.05) is 5.87 Å². The molecule has 0 aliphatic heterocycles. The Bertz CT molecular complexity index is 128. The van der Waals surface area contributed by atoms with Crippen LogP contribution in [0.4, 0.5) is 0 Å². The molecule has 0 radical (unpaired) electrons. The molecule has 0 bridgehead atoms. The number of hydrogen-bond acceptors (Lipinski definition) is 2. The maximum Gasteiger partial charge on any atom is 0.0300 e. The minimum absolute atomic E-state index is 0.752. The number of unbranched alkanes of at least 4 members (excludes halogenated alkanes) is 2. The van der Waals surface area contributed by atoms with Gasteiger partial charge in [0.15, 0.2) is 0 Å². The van der Waals surface area contributed by atoms with Gasteiger partial charge in [-0.2, -0.15) is 0 Å². The second-order valence-corrected chi connectivity index (χ2v) is 1.76. The van der Waals surface area contributed by atoms with Crippen LogP contribution >= 0.6 is 0 Å². The minimum atomic E-state index is 0.752. The minimum Gasteiger partial charge on any atom is -0.330 e. The average Bonchev–Trinajstić information content (AvgIpc) is 1.89. The molecule has 0 saturated carbocycles. The molecular formula is C7H12N2. The van der Waals surface area contributed by atoms with Gasteiger partial charge in [0.05, 0.1) is 0 Å². The summed E-state index contributed by atoms with van der Waals surface area (Å²) in [6.07, 6.45) is 4.91. The lowest BCUT2D eigenvalue weighted by molar-refractivity contribution is 0.759. The lowest BCUT2D eigenvalue weighted by Gasteiger charge is -1.87. The summed E-state index contributed by atoms with van der Waals surface area (Å²) in [6.45, 7) is 0.752. The standard InChI is InChI=1S/C7H12N2/c8-6-4-2-1-3-5-7-9/h2,8H,1,3,5,7,9H2. The zero-order valence-electron chi connectivity index (χ0n) is 5.48. The largest absolute Gasteiger partial charge is 0.330 e. The first-order valence-corrected chi connectivity index (χ1v) is 3.11. The lowest BCUT2D eigenvalue weighted by atomic mass is 10.2. The van der Waals surface area contributed by atoms with Crippen molar-refractivity contribution in [3.05, 3.63) is 11.8 Å². The number of hydrogen-bond donors (Lipinski definition) is 2. The summed E-state index contributed by atoms with van der Waals surface area (Å²) in [7, 11) is 0. The van der Waals surface area contributed by atoms with Crippen LogP contribution in [0.5, 0.6) is 0 Å². The van der Waals surface area contributed by atoms with Gasteiger partial charge in [-0.1, -0.05) is 5.73 Å². The van der Waals surface area contributed by atoms with Crippen molar-refractivity contribution < 1.29 is 0 Å². The van der Waals surface area contributed by atoms with E-state index in [9.17, 15) is 0 Å². The summed E-state index contributed by atoms with van der Waals surface area (Å²) in [6, 6.07) is 0.